The maximum Gasteiger partial charge on any atom is 0.277 e. The molecule has 0 aliphatic carbocycles. The van der Waals surface area contributed by atoms with E-state index in [4.69, 9.17) is 16.3 Å². The first kappa shape index (κ1) is 16.0. The van der Waals surface area contributed by atoms with Gasteiger partial charge in [0, 0.05) is 10.6 Å². The summed E-state index contributed by atoms with van der Waals surface area (Å²) in [6, 6.07) is 13.1. The monoisotopic (exact) mass is 316 g/mol. The van der Waals surface area contributed by atoms with Crippen molar-refractivity contribution in [3.8, 4) is 5.75 Å². The quantitative estimate of drug-likeness (QED) is 0.678. The molecule has 0 saturated carbocycles. The van der Waals surface area contributed by atoms with Gasteiger partial charge in [0.05, 0.1) is 6.21 Å². The van der Waals surface area contributed by atoms with Crippen LogP contribution in [0.15, 0.2) is 47.6 Å². The molecule has 0 heterocycles. The lowest BCUT2D eigenvalue weighted by Gasteiger charge is -2.08. The Morgan fingerprint density at radius 3 is 2.82 bits per heavy atom. The molecular formula is C17H17ClN2O2. The fourth-order valence-electron chi connectivity index (χ4n) is 1.79. The number of halogens is 1. The predicted octanol–water partition coefficient (Wildman–Crippen LogP) is 3.49. The average molecular weight is 317 g/mol. The van der Waals surface area contributed by atoms with E-state index in [1.165, 1.54) is 6.21 Å². The van der Waals surface area contributed by atoms with Gasteiger partial charge in [-0.2, -0.15) is 5.10 Å². The lowest BCUT2D eigenvalue weighted by atomic mass is 10.1. The maximum absolute atomic E-state index is 11.7. The molecule has 0 aromatic heterocycles. The van der Waals surface area contributed by atoms with Gasteiger partial charge in [0.15, 0.2) is 6.61 Å². The summed E-state index contributed by atoms with van der Waals surface area (Å²) in [4.78, 5) is 11.7. The molecule has 0 atom stereocenters. The molecule has 2 aromatic rings. The number of amides is 1. The second-order valence-corrected chi connectivity index (χ2v) is 5.28. The van der Waals surface area contributed by atoms with Gasteiger partial charge in [-0.1, -0.05) is 41.9 Å². The number of nitrogens with one attached hydrogen (secondary N) is 1. The normalized spacial score (nSPS) is 10.7. The van der Waals surface area contributed by atoms with Crippen LogP contribution >= 0.6 is 11.6 Å². The standard InChI is InChI=1S/C17H17ClN2O2/c1-12-7-8-13(2)16(9-12)22-11-17(21)20-19-10-14-5-3-4-6-15(14)18/h3-10H,11H2,1-2H3,(H,20,21). The number of hydrazone groups is 1. The third kappa shape index (κ3) is 4.60. The molecule has 0 fully saturated rings. The van der Waals surface area contributed by atoms with Crippen LogP contribution < -0.4 is 10.2 Å². The first-order valence-corrected chi connectivity index (χ1v) is 7.20. The summed E-state index contributed by atoms with van der Waals surface area (Å²) in [7, 11) is 0. The molecule has 2 rings (SSSR count). The fraction of sp³-hybridized carbons (Fsp3) is 0.176. The Labute approximate surface area is 134 Å². The van der Waals surface area contributed by atoms with E-state index in [0.29, 0.717) is 10.8 Å². The number of rotatable bonds is 5. The maximum atomic E-state index is 11.7. The van der Waals surface area contributed by atoms with Crippen LogP contribution in [0.4, 0.5) is 0 Å². The topological polar surface area (TPSA) is 50.7 Å². The number of carbonyl (C=O) groups is 1. The highest BCUT2D eigenvalue weighted by Gasteiger charge is 2.04. The summed E-state index contributed by atoms with van der Waals surface area (Å²) < 4.78 is 5.49. The van der Waals surface area contributed by atoms with E-state index < -0.39 is 0 Å². The minimum Gasteiger partial charge on any atom is -0.483 e. The number of hydrogen-bond acceptors (Lipinski definition) is 3. The Morgan fingerprint density at radius 2 is 2.05 bits per heavy atom. The van der Waals surface area contributed by atoms with Crippen molar-refractivity contribution in [1.82, 2.24) is 5.43 Å². The largest absolute Gasteiger partial charge is 0.483 e. The van der Waals surface area contributed by atoms with Gasteiger partial charge in [0.2, 0.25) is 0 Å². The van der Waals surface area contributed by atoms with Crippen molar-refractivity contribution in [2.75, 3.05) is 6.61 Å². The Morgan fingerprint density at radius 1 is 1.27 bits per heavy atom. The van der Waals surface area contributed by atoms with Crippen molar-refractivity contribution in [2.24, 2.45) is 5.10 Å². The zero-order valence-corrected chi connectivity index (χ0v) is 13.2. The van der Waals surface area contributed by atoms with E-state index in [9.17, 15) is 4.79 Å². The number of benzene rings is 2. The van der Waals surface area contributed by atoms with E-state index in [-0.39, 0.29) is 12.5 Å². The van der Waals surface area contributed by atoms with E-state index in [0.717, 1.165) is 16.7 Å². The molecule has 0 spiro atoms. The fourth-order valence-corrected chi connectivity index (χ4v) is 1.98. The molecule has 4 nitrogen and oxygen atoms in total. The summed E-state index contributed by atoms with van der Waals surface area (Å²) in [5, 5.41) is 4.44. The van der Waals surface area contributed by atoms with Gasteiger partial charge in [-0.05, 0) is 37.1 Å². The van der Waals surface area contributed by atoms with Crippen LogP contribution in [0.2, 0.25) is 5.02 Å². The lowest BCUT2D eigenvalue weighted by Crippen LogP contribution is -2.24. The Kier molecular flexibility index (Phi) is 5.55. The summed E-state index contributed by atoms with van der Waals surface area (Å²) in [5.41, 5.74) is 5.21. The van der Waals surface area contributed by atoms with Crippen LogP contribution in [0, 0.1) is 13.8 Å². The van der Waals surface area contributed by atoms with Crippen LogP contribution in [-0.4, -0.2) is 18.7 Å². The SMILES string of the molecule is Cc1ccc(C)c(OCC(=O)NN=Cc2ccccc2Cl)c1. The molecule has 114 valence electrons. The van der Waals surface area contributed by atoms with E-state index >= 15 is 0 Å². The first-order chi connectivity index (χ1) is 10.6. The van der Waals surface area contributed by atoms with E-state index in [1.54, 1.807) is 6.07 Å². The lowest BCUT2D eigenvalue weighted by molar-refractivity contribution is -0.123. The van der Waals surface area contributed by atoms with Gasteiger partial charge in [-0.25, -0.2) is 5.43 Å². The number of hydrogen-bond donors (Lipinski definition) is 1. The van der Waals surface area contributed by atoms with Crippen LogP contribution in [0.1, 0.15) is 16.7 Å². The number of carbonyl (C=O) groups excluding carboxylic acids is 1. The Balaban J connectivity index is 1.86. The van der Waals surface area contributed by atoms with Crippen LogP contribution in [0.5, 0.6) is 5.75 Å². The molecule has 5 heteroatoms. The van der Waals surface area contributed by atoms with Crippen molar-refractivity contribution in [3.05, 3.63) is 64.2 Å². The molecule has 0 saturated heterocycles. The number of aryl methyl sites for hydroxylation is 2. The van der Waals surface area contributed by atoms with Crippen LogP contribution in [0.3, 0.4) is 0 Å². The number of nitrogens with zero attached hydrogens (tertiary/aromatic N) is 1. The number of ether oxygens (including phenoxy) is 1. The van der Waals surface area contributed by atoms with E-state index in [2.05, 4.69) is 10.5 Å². The second-order valence-electron chi connectivity index (χ2n) is 4.87. The van der Waals surface area contributed by atoms with Crippen molar-refractivity contribution >= 4 is 23.7 Å². The van der Waals surface area contributed by atoms with Crippen LogP contribution in [-0.2, 0) is 4.79 Å². The molecule has 0 aliphatic heterocycles. The summed E-state index contributed by atoms with van der Waals surface area (Å²) in [6.45, 7) is 3.81. The zero-order valence-electron chi connectivity index (χ0n) is 12.5. The third-order valence-electron chi connectivity index (χ3n) is 3.00. The van der Waals surface area contributed by atoms with Gasteiger partial charge in [-0.15, -0.1) is 0 Å². The smallest absolute Gasteiger partial charge is 0.277 e. The Hall–Kier alpha value is -2.33. The highest BCUT2D eigenvalue weighted by Crippen LogP contribution is 2.18. The molecule has 0 aliphatic rings. The molecule has 0 bridgehead atoms. The minimum atomic E-state index is -0.329. The summed E-state index contributed by atoms with van der Waals surface area (Å²) in [5.74, 6) is 0.370. The van der Waals surface area contributed by atoms with Gasteiger partial charge in [0.25, 0.3) is 5.91 Å². The summed E-state index contributed by atoms with van der Waals surface area (Å²) >= 11 is 5.98. The molecule has 2 aromatic carbocycles. The van der Waals surface area contributed by atoms with Gasteiger partial charge >= 0.3 is 0 Å². The van der Waals surface area contributed by atoms with E-state index in [1.807, 2.05) is 50.2 Å². The molecular weight excluding hydrogens is 300 g/mol. The highest BCUT2D eigenvalue weighted by molar-refractivity contribution is 6.33. The molecule has 0 unspecified atom stereocenters. The Bertz CT molecular complexity index is 699. The average Bonchev–Trinajstić information content (AvgIpc) is 2.50. The molecule has 22 heavy (non-hydrogen) atoms. The van der Waals surface area contributed by atoms with Crippen molar-refractivity contribution in [3.63, 3.8) is 0 Å². The second kappa shape index (κ2) is 7.61. The van der Waals surface area contributed by atoms with Crippen LogP contribution in [0.25, 0.3) is 0 Å². The third-order valence-corrected chi connectivity index (χ3v) is 3.34. The van der Waals surface area contributed by atoms with Gasteiger partial charge in [-0.3, -0.25) is 4.79 Å². The predicted molar refractivity (Wildman–Crippen MR) is 88.6 cm³/mol. The van der Waals surface area contributed by atoms with Gasteiger partial charge < -0.3 is 4.74 Å². The van der Waals surface area contributed by atoms with Gasteiger partial charge in [0.1, 0.15) is 5.75 Å². The summed E-state index contributed by atoms with van der Waals surface area (Å²) in [6.07, 6.45) is 1.50. The van der Waals surface area contributed by atoms with Crippen molar-refractivity contribution in [2.45, 2.75) is 13.8 Å². The first-order valence-electron chi connectivity index (χ1n) is 6.83. The molecule has 0 radical (unpaired) electrons. The van der Waals surface area contributed by atoms with Crippen molar-refractivity contribution < 1.29 is 9.53 Å². The molecule has 1 amide bonds. The van der Waals surface area contributed by atoms with Crippen molar-refractivity contribution in [1.29, 1.82) is 0 Å². The minimum absolute atomic E-state index is 0.0931. The highest BCUT2D eigenvalue weighted by atomic mass is 35.5. The molecule has 1 N–H and O–H groups in total. The zero-order chi connectivity index (χ0) is 15.9.